The van der Waals surface area contributed by atoms with Crippen molar-refractivity contribution < 1.29 is 14.4 Å². The summed E-state index contributed by atoms with van der Waals surface area (Å²) in [6.07, 6.45) is 1.29. The Labute approximate surface area is 161 Å². The van der Waals surface area contributed by atoms with Gasteiger partial charge in [0.25, 0.3) is 5.91 Å². The molecular weight excluding hydrogens is 379 g/mol. The summed E-state index contributed by atoms with van der Waals surface area (Å²) in [5, 5.41) is 14.3. The van der Waals surface area contributed by atoms with E-state index in [4.69, 9.17) is 28.5 Å². The van der Waals surface area contributed by atoms with Crippen LogP contribution in [-0.4, -0.2) is 48.8 Å². The van der Waals surface area contributed by atoms with Crippen molar-refractivity contribution in [1.29, 1.82) is 5.26 Å². The molecule has 9 heteroatoms. The Morgan fingerprint density at radius 3 is 2.46 bits per heavy atom. The maximum absolute atomic E-state index is 12.0. The normalized spacial score (nSPS) is 14.4. The molecule has 0 bridgehead atoms. The summed E-state index contributed by atoms with van der Waals surface area (Å²) < 4.78 is 0. The lowest BCUT2D eigenvalue weighted by atomic mass is 9.99. The van der Waals surface area contributed by atoms with E-state index in [-0.39, 0.29) is 35.5 Å². The Bertz CT molecular complexity index is 740. The molecule has 1 aromatic rings. The summed E-state index contributed by atoms with van der Waals surface area (Å²) in [4.78, 5) is 37.5. The van der Waals surface area contributed by atoms with Gasteiger partial charge in [-0.1, -0.05) is 23.2 Å². The smallest absolute Gasteiger partial charge is 0.253 e. The van der Waals surface area contributed by atoms with E-state index in [2.05, 4.69) is 16.7 Å². The monoisotopic (exact) mass is 396 g/mol. The standard InChI is InChI=1S/C17H18Cl2N4O3/c18-12-1-2-13(14(19)7-12)17(26)22-9-15(24)21-10-16(25)23-5-3-11(8-20)4-6-23/h1-2,7,11H,3-6,9-10H2,(H,21,24)(H,22,26). The van der Waals surface area contributed by atoms with Crippen LogP contribution in [0.3, 0.4) is 0 Å². The molecule has 0 aromatic heterocycles. The number of hydrogen-bond acceptors (Lipinski definition) is 4. The number of piperidine rings is 1. The van der Waals surface area contributed by atoms with E-state index in [1.807, 2.05) is 0 Å². The minimum absolute atomic E-state index is 0.0106. The van der Waals surface area contributed by atoms with Gasteiger partial charge in [-0.3, -0.25) is 14.4 Å². The van der Waals surface area contributed by atoms with Crippen LogP contribution in [0.5, 0.6) is 0 Å². The molecule has 0 atom stereocenters. The molecule has 138 valence electrons. The van der Waals surface area contributed by atoms with Crippen molar-refractivity contribution in [3.8, 4) is 6.07 Å². The minimum Gasteiger partial charge on any atom is -0.345 e. The molecule has 1 aliphatic rings. The van der Waals surface area contributed by atoms with Crippen LogP contribution in [0, 0.1) is 17.2 Å². The SMILES string of the molecule is N#CC1CCN(C(=O)CNC(=O)CNC(=O)c2ccc(Cl)cc2Cl)CC1. The van der Waals surface area contributed by atoms with Crippen molar-refractivity contribution in [1.82, 2.24) is 15.5 Å². The van der Waals surface area contributed by atoms with Gasteiger partial charge in [0.05, 0.1) is 29.7 Å². The zero-order chi connectivity index (χ0) is 19.1. The lowest BCUT2D eigenvalue weighted by Gasteiger charge is -2.29. The van der Waals surface area contributed by atoms with Gasteiger partial charge in [0.2, 0.25) is 11.8 Å². The Kier molecular flexibility index (Phi) is 7.25. The number of halogens is 2. The number of hydrogen-bond donors (Lipinski definition) is 2. The Hall–Kier alpha value is -2.30. The van der Waals surface area contributed by atoms with Crippen molar-refractivity contribution in [2.24, 2.45) is 5.92 Å². The predicted molar refractivity (Wildman–Crippen MR) is 96.7 cm³/mol. The molecule has 1 fully saturated rings. The summed E-state index contributed by atoms with van der Waals surface area (Å²) in [6, 6.07) is 6.62. The van der Waals surface area contributed by atoms with Crippen LogP contribution in [0.25, 0.3) is 0 Å². The molecule has 7 nitrogen and oxygen atoms in total. The predicted octanol–water partition coefficient (Wildman–Crippen LogP) is 1.60. The van der Waals surface area contributed by atoms with Crippen LogP contribution >= 0.6 is 23.2 Å². The maximum atomic E-state index is 12.0. The van der Waals surface area contributed by atoms with E-state index in [0.29, 0.717) is 31.0 Å². The van der Waals surface area contributed by atoms with Crippen molar-refractivity contribution in [2.45, 2.75) is 12.8 Å². The summed E-state index contributed by atoms with van der Waals surface area (Å²) >= 11 is 11.7. The van der Waals surface area contributed by atoms with Crippen LogP contribution < -0.4 is 10.6 Å². The molecule has 0 aliphatic carbocycles. The number of nitriles is 1. The number of carbonyl (C=O) groups excluding carboxylic acids is 3. The highest BCUT2D eigenvalue weighted by atomic mass is 35.5. The first-order valence-electron chi connectivity index (χ1n) is 8.08. The first-order chi connectivity index (χ1) is 12.4. The Balaban J connectivity index is 1.72. The van der Waals surface area contributed by atoms with E-state index in [1.54, 1.807) is 4.90 Å². The zero-order valence-electron chi connectivity index (χ0n) is 13.9. The number of benzene rings is 1. The third kappa shape index (κ3) is 5.61. The first kappa shape index (κ1) is 20.0. The molecule has 2 N–H and O–H groups in total. The minimum atomic E-state index is -0.508. The molecule has 0 radical (unpaired) electrons. The highest BCUT2D eigenvalue weighted by Crippen LogP contribution is 2.20. The van der Waals surface area contributed by atoms with Crippen molar-refractivity contribution in [3.63, 3.8) is 0 Å². The van der Waals surface area contributed by atoms with Crippen molar-refractivity contribution in [2.75, 3.05) is 26.2 Å². The fraction of sp³-hybridized carbons (Fsp3) is 0.412. The van der Waals surface area contributed by atoms with Gasteiger partial charge in [0.1, 0.15) is 0 Å². The van der Waals surface area contributed by atoms with E-state index in [1.165, 1.54) is 18.2 Å². The number of rotatable bonds is 5. The van der Waals surface area contributed by atoms with Gasteiger partial charge in [-0.05, 0) is 31.0 Å². The fourth-order valence-electron chi connectivity index (χ4n) is 2.54. The molecule has 0 unspecified atom stereocenters. The van der Waals surface area contributed by atoms with E-state index in [9.17, 15) is 14.4 Å². The average Bonchev–Trinajstić information content (AvgIpc) is 2.64. The molecule has 2 rings (SSSR count). The molecule has 1 saturated heterocycles. The number of nitrogens with one attached hydrogen (secondary N) is 2. The second kappa shape index (κ2) is 9.41. The number of carbonyl (C=O) groups is 3. The molecular formula is C17H18Cl2N4O3. The van der Waals surface area contributed by atoms with Crippen LogP contribution in [0.4, 0.5) is 0 Å². The maximum Gasteiger partial charge on any atom is 0.253 e. The number of likely N-dealkylation sites (tertiary alicyclic amines) is 1. The topological polar surface area (TPSA) is 102 Å². The van der Waals surface area contributed by atoms with Gasteiger partial charge in [0, 0.05) is 24.0 Å². The molecule has 1 aromatic carbocycles. The van der Waals surface area contributed by atoms with E-state index < -0.39 is 11.8 Å². The molecule has 1 heterocycles. The number of nitrogens with zero attached hydrogens (tertiary/aromatic N) is 2. The van der Waals surface area contributed by atoms with Gasteiger partial charge in [-0.25, -0.2) is 0 Å². The summed E-state index contributed by atoms with van der Waals surface area (Å²) in [5.74, 6) is -1.21. The van der Waals surface area contributed by atoms with Gasteiger partial charge in [0.15, 0.2) is 0 Å². The summed E-state index contributed by atoms with van der Waals surface area (Å²) in [7, 11) is 0. The lowest BCUT2D eigenvalue weighted by Crippen LogP contribution is -2.45. The third-order valence-corrected chi connectivity index (χ3v) is 4.60. The van der Waals surface area contributed by atoms with Gasteiger partial charge < -0.3 is 15.5 Å². The zero-order valence-corrected chi connectivity index (χ0v) is 15.4. The van der Waals surface area contributed by atoms with Gasteiger partial charge in [-0.2, -0.15) is 5.26 Å². The van der Waals surface area contributed by atoms with Gasteiger partial charge in [-0.15, -0.1) is 0 Å². The molecule has 0 saturated carbocycles. The second-order valence-corrected chi connectivity index (χ2v) is 6.71. The Morgan fingerprint density at radius 2 is 1.85 bits per heavy atom. The first-order valence-corrected chi connectivity index (χ1v) is 8.83. The highest BCUT2D eigenvalue weighted by Gasteiger charge is 2.22. The molecule has 26 heavy (non-hydrogen) atoms. The van der Waals surface area contributed by atoms with Crippen LogP contribution in [0.1, 0.15) is 23.2 Å². The quantitative estimate of drug-likeness (QED) is 0.788. The fourth-order valence-corrected chi connectivity index (χ4v) is 3.03. The third-order valence-electron chi connectivity index (χ3n) is 4.05. The molecule has 0 spiro atoms. The van der Waals surface area contributed by atoms with E-state index >= 15 is 0 Å². The molecule has 3 amide bonds. The van der Waals surface area contributed by atoms with Crippen molar-refractivity contribution in [3.05, 3.63) is 33.8 Å². The summed E-state index contributed by atoms with van der Waals surface area (Å²) in [6.45, 7) is 0.604. The average molecular weight is 397 g/mol. The largest absolute Gasteiger partial charge is 0.345 e. The van der Waals surface area contributed by atoms with Gasteiger partial charge >= 0.3 is 0 Å². The second-order valence-electron chi connectivity index (χ2n) is 5.87. The summed E-state index contributed by atoms with van der Waals surface area (Å²) in [5.41, 5.74) is 0.209. The van der Waals surface area contributed by atoms with Crippen molar-refractivity contribution >= 4 is 40.9 Å². The van der Waals surface area contributed by atoms with Crippen LogP contribution in [0.15, 0.2) is 18.2 Å². The van der Waals surface area contributed by atoms with Crippen LogP contribution in [-0.2, 0) is 9.59 Å². The molecule has 1 aliphatic heterocycles. The van der Waals surface area contributed by atoms with E-state index in [0.717, 1.165) is 0 Å². The highest BCUT2D eigenvalue weighted by molar-refractivity contribution is 6.36. The lowest BCUT2D eigenvalue weighted by molar-refractivity contribution is -0.133. The number of amides is 3. The Morgan fingerprint density at radius 1 is 1.15 bits per heavy atom. The van der Waals surface area contributed by atoms with Crippen LogP contribution in [0.2, 0.25) is 10.0 Å².